The molecular weight excluding hydrogens is 316 g/mol. The molecule has 0 saturated carbocycles. The molecule has 0 aliphatic heterocycles. The number of halogens is 1. The fourth-order valence-corrected chi connectivity index (χ4v) is 2.47. The van der Waals surface area contributed by atoms with Gasteiger partial charge in [-0.25, -0.2) is 0 Å². The van der Waals surface area contributed by atoms with Crippen molar-refractivity contribution < 1.29 is 14.6 Å². The maximum Gasteiger partial charge on any atom is 0.261 e. The van der Waals surface area contributed by atoms with Gasteiger partial charge in [0.15, 0.2) is 6.10 Å². The van der Waals surface area contributed by atoms with Gasteiger partial charge in [-0.1, -0.05) is 31.5 Å². The van der Waals surface area contributed by atoms with Crippen LogP contribution in [0.3, 0.4) is 0 Å². The van der Waals surface area contributed by atoms with E-state index in [1.165, 1.54) is 0 Å². The second-order valence-corrected chi connectivity index (χ2v) is 7.13. The molecule has 0 fully saturated rings. The van der Waals surface area contributed by atoms with Gasteiger partial charge in [0, 0.05) is 18.1 Å². The summed E-state index contributed by atoms with van der Waals surface area (Å²) in [5.74, 6) is 0.276. The number of rotatable bonds is 8. The summed E-state index contributed by atoms with van der Waals surface area (Å²) in [5, 5.41) is 13.6. The van der Waals surface area contributed by atoms with Crippen LogP contribution in [0, 0.1) is 5.92 Å². The number of ether oxygens (including phenoxy) is 1. The van der Waals surface area contributed by atoms with Crippen molar-refractivity contribution in [1.82, 2.24) is 10.2 Å². The molecule has 2 N–H and O–H groups in total. The van der Waals surface area contributed by atoms with E-state index in [4.69, 9.17) is 16.3 Å². The smallest absolute Gasteiger partial charge is 0.261 e. The number of hydrogen-bond donors (Lipinski definition) is 2. The number of likely N-dealkylation sites (N-methyl/N-ethyl adjacent to an activating group) is 1. The van der Waals surface area contributed by atoms with E-state index in [1.807, 2.05) is 32.8 Å². The van der Waals surface area contributed by atoms with Gasteiger partial charge in [-0.3, -0.25) is 4.79 Å². The quantitative estimate of drug-likeness (QED) is 0.760. The second-order valence-electron chi connectivity index (χ2n) is 6.69. The fraction of sp³-hybridized carbons (Fsp3) is 0.588. The highest BCUT2D eigenvalue weighted by molar-refractivity contribution is 6.30. The zero-order valence-corrected chi connectivity index (χ0v) is 15.2. The highest BCUT2D eigenvalue weighted by Gasteiger charge is 2.28. The average molecular weight is 343 g/mol. The first kappa shape index (κ1) is 19.7. The molecule has 0 aromatic heterocycles. The fourth-order valence-electron chi connectivity index (χ4n) is 2.29. The molecule has 1 rings (SSSR count). The molecule has 2 unspecified atom stereocenters. The molecule has 0 saturated heterocycles. The van der Waals surface area contributed by atoms with Gasteiger partial charge in [-0.2, -0.15) is 0 Å². The lowest BCUT2D eigenvalue weighted by atomic mass is 10.0. The lowest BCUT2D eigenvalue weighted by Gasteiger charge is -2.29. The third-order valence-corrected chi connectivity index (χ3v) is 3.46. The first-order valence-corrected chi connectivity index (χ1v) is 8.05. The standard InChI is InChI=1S/C17H27ClN2O3/c1-12(2)15(23-14-8-6-7-13(18)9-14)16(21)19-10-17(3,22)11-20(4)5/h6-9,12,15,22H,10-11H2,1-5H3,(H,19,21). The summed E-state index contributed by atoms with van der Waals surface area (Å²) in [7, 11) is 3.74. The molecule has 6 heteroatoms. The molecule has 0 aliphatic rings. The Morgan fingerprint density at radius 3 is 2.61 bits per heavy atom. The Bertz CT molecular complexity index is 518. The van der Waals surface area contributed by atoms with Gasteiger partial charge in [-0.05, 0) is 45.1 Å². The molecule has 1 aromatic rings. The number of benzene rings is 1. The Kier molecular flexibility index (Phi) is 7.32. The third-order valence-electron chi connectivity index (χ3n) is 3.22. The van der Waals surface area contributed by atoms with Crippen molar-refractivity contribution in [2.24, 2.45) is 5.92 Å². The Labute approximate surface area is 143 Å². The van der Waals surface area contributed by atoms with Gasteiger partial charge in [0.25, 0.3) is 5.91 Å². The van der Waals surface area contributed by atoms with Crippen molar-refractivity contribution in [3.8, 4) is 5.75 Å². The zero-order valence-electron chi connectivity index (χ0n) is 14.5. The van der Waals surface area contributed by atoms with Crippen LogP contribution in [-0.2, 0) is 4.79 Å². The van der Waals surface area contributed by atoms with E-state index in [1.54, 1.807) is 31.2 Å². The van der Waals surface area contributed by atoms with Crippen molar-refractivity contribution in [1.29, 1.82) is 0 Å². The SMILES string of the molecule is CC(C)C(Oc1cccc(Cl)c1)C(=O)NCC(C)(O)CN(C)C. The highest BCUT2D eigenvalue weighted by Crippen LogP contribution is 2.20. The van der Waals surface area contributed by atoms with Crippen LogP contribution in [-0.4, -0.2) is 54.8 Å². The molecular formula is C17H27ClN2O3. The summed E-state index contributed by atoms with van der Waals surface area (Å²) in [6.45, 7) is 6.12. The van der Waals surface area contributed by atoms with Crippen LogP contribution in [0.25, 0.3) is 0 Å². The number of hydrogen-bond acceptors (Lipinski definition) is 4. The molecule has 0 aliphatic carbocycles. The number of carbonyl (C=O) groups excluding carboxylic acids is 1. The van der Waals surface area contributed by atoms with Crippen LogP contribution >= 0.6 is 11.6 Å². The van der Waals surface area contributed by atoms with E-state index in [9.17, 15) is 9.90 Å². The minimum atomic E-state index is -1.00. The van der Waals surface area contributed by atoms with E-state index in [-0.39, 0.29) is 18.4 Å². The highest BCUT2D eigenvalue weighted by atomic mass is 35.5. The van der Waals surface area contributed by atoms with Gasteiger partial charge in [0.2, 0.25) is 0 Å². The summed E-state index contributed by atoms with van der Waals surface area (Å²) >= 11 is 5.94. The van der Waals surface area contributed by atoms with E-state index >= 15 is 0 Å². The van der Waals surface area contributed by atoms with Crippen LogP contribution in [0.5, 0.6) is 5.75 Å². The van der Waals surface area contributed by atoms with Gasteiger partial charge < -0.3 is 20.1 Å². The van der Waals surface area contributed by atoms with Gasteiger partial charge >= 0.3 is 0 Å². The van der Waals surface area contributed by atoms with E-state index in [0.29, 0.717) is 17.3 Å². The van der Waals surface area contributed by atoms with E-state index in [0.717, 1.165) is 0 Å². The van der Waals surface area contributed by atoms with Crippen LogP contribution < -0.4 is 10.1 Å². The molecule has 23 heavy (non-hydrogen) atoms. The Hall–Kier alpha value is -1.30. The minimum Gasteiger partial charge on any atom is -0.480 e. The molecule has 0 heterocycles. The summed E-state index contributed by atoms with van der Waals surface area (Å²) in [4.78, 5) is 14.3. The molecule has 130 valence electrons. The number of amides is 1. The Morgan fingerprint density at radius 1 is 1.43 bits per heavy atom. The number of aliphatic hydroxyl groups is 1. The van der Waals surface area contributed by atoms with Crippen molar-refractivity contribution in [3.63, 3.8) is 0 Å². The van der Waals surface area contributed by atoms with E-state index in [2.05, 4.69) is 5.32 Å². The van der Waals surface area contributed by atoms with Crippen LogP contribution in [0.15, 0.2) is 24.3 Å². The predicted octanol–water partition coefficient (Wildman–Crippen LogP) is 2.17. The Balaban J connectivity index is 2.68. The maximum atomic E-state index is 12.4. The number of nitrogens with zero attached hydrogens (tertiary/aromatic N) is 1. The summed E-state index contributed by atoms with van der Waals surface area (Å²) in [6.07, 6.45) is -0.649. The Morgan fingerprint density at radius 2 is 2.09 bits per heavy atom. The lowest BCUT2D eigenvalue weighted by Crippen LogP contribution is -2.51. The summed E-state index contributed by atoms with van der Waals surface area (Å²) in [5.41, 5.74) is -1.00. The normalized spacial score (nSPS) is 15.3. The molecule has 1 aromatic carbocycles. The topological polar surface area (TPSA) is 61.8 Å². The molecule has 1 amide bonds. The summed E-state index contributed by atoms with van der Waals surface area (Å²) in [6, 6.07) is 6.95. The van der Waals surface area contributed by atoms with Crippen LogP contribution in [0.4, 0.5) is 0 Å². The molecule has 5 nitrogen and oxygen atoms in total. The second kappa shape index (κ2) is 8.52. The average Bonchev–Trinajstić information content (AvgIpc) is 2.40. The first-order valence-electron chi connectivity index (χ1n) is 7.68. The first-order chi connectivity index (χ1) is 10.6. The van der Waals surface area contributed by atoms with Gasteiger partial charge in [-0.15, -0.1) is 0 Å². The van der Waals surface area contributed by atoms with Crippen molar-refractivity contribution in [2.45, 2.75) is 32.5 Å². The molecule has 0 bridgehead atoms. The van der Waals surface area contributed by atoms with Crippen LogP contribution in [0.1, 0.15) is 20.8 Å². The monoisotopic (exact) mass is 342 g/mol. The van der Waals surface area contributed by atoms with Crippen molar-refractivity contribution in [2.75, 3.05) is 27.2 Å². The van der Waals surface area contributed by atoms with Crippen molar-refractivity contribution in [3.05, 3.63) is 29.3 Å². The van der Waals surface area contributed by atoms with Gasteiger partial charge in [0.05, 0.1) is 5.60 Å². The molecule has 0 spiro atoms. The lowest BCUT2D eigenvalue weighted by molar-refractivity contribution is -0.131. The van der Waals surface area contributed by atoms with Crippen molar-refractivity contribution >= 4 is 17.5 Å². The van der Waals surface area contributed by atoms with E-state index < -0.39 is 11.7 Å². The third kappa shape index (κ3) is 7.20. The number of carbonyl (C=O) groups is 1. The largest absolute Gasteiger partial charge is 0.480 e. The molecule has 2 atom stereocenters. The molecule has 0 radical (unpaired) electrons. The predicted molar refractivity (Wildman–Crippen MR) is 92.9 cm³/mol. The number of nitrogens with one attached hydrogen (secondary N) is 1. The summed E-state index contributed by atoms with van der Waals surface area (Å²) < 4.78 is 5.78. The maximum absolute atomic E-state index is 12.4. The van der Waals surface area contributed by atoms with Crippen LogP contribution in [0.2, 0.25) is 5.02 Å². The van der Waals surface area contributed by atoms with Gasteiger partial charge in [0.1, 0.15) is 5.75 Å². The minimum absolute atomic E-state index is 0.0206. The zero-order chi connectivity index (χ0) is 17.6.